The summed E-state index contributed by atoms with van der Waals surface area (Å²) in [5.74, 6) is 0.380. The van der Waals surface area contributed by atoms with Crippen molar-refractivity contribution in [2.75, 3.05) is 5.32 Å². The minimum Gasteiger partial charge on any atom is -0.455 e. The molecule has 0 aromatic heterocycles. The van der Waals surface area contributed by atoms with Crippen molar-refractivity contribution in [3.8, 4) is 5.75 Å². The summed E-state index contributed by atoms with van der Waals surface area (Å²) in [4.78, 5) is 22.4. The Morgan fingerprint density at radius 2 is 1.60 bits per heavy atom. The number of nitrogens with one attached hydrogen (secondary N) is 1. The smallest absolute Gasteiger partial charge is 0.414 e. The number of nitrogens with zero attached hydrogens (tertiary/aromatic N) is 1. The summed E-state index contributed by atoms with van der Waals surface area (Å²) in [5.41, 5.74) is 2.92. The van der Waals surface area contributed by atoms with Gasteiger partial charge in [-0.25, -0.2) is 4.79 Å². The zero-order chi connectivity index (χ0) is 21.3. The summed E-state index contributed by atoms with van der Waals surface area (Å²) < 4.78 is 10.9. The van der Waals surface area contributed by atoms with Gasteiger partial charge >= 0.3 is 6.09 Å². The van der Waals surface area contributed by atoms with Crippen LogP contribution in [-0.4, -0.2) is 17.3 Å². The number of ether oxygens (including phenoxy) is 2. The van der Waals surface area contributed by atoms with Crippen LogP contribution in [0.3, 0.4) is 0 Å². The SMILES string of the molecule is CC[C@@H](OC(=O)Nc1ccc(Cc2ccccc2)cc1)Oc1ccc([N+](=O)[O-])cc1. The molecule has 0 radical (unpaired) electrons. The molecule has 30 heavy (non-hydrogen) atoms. The minimum absolute atomic E-state index is 0.0372. The van der Waals surface area contributed by atoms with Gasteiger partial charge in [-0.05, 0) is 41.8 Å². The van der Waals surface area contributed by atoms with Gasteiger partial charge in [0, 0.05) is 24.2 Å². The molecule has 0 aliphatic heterocycles. The minimum atomic E-state index is -0.816. The molecule has 0 fully saturated rings. The summed E-state index contributed by atoms with van der Waals surface area (Å²) in [6, 6.07) is 23.3. The normalized spacial score (nSPS) is 11.4. The van der Waals surface area contributed by atoms with Crippen LogP contribution in [0.2, 0.25) is 0 Å². The first-order chi connectivity index (χ1) is 14.5. The van der Waals surface area contributed by atoms with Gasteiger partial charge < -0.3 is 9.47 Å². The fraction of sp³-hybridized carbons (Fsp3) is 0.174. The van der Waals surface area contributed by atoms with E-state index in [4.69, 9.17) is 9.47 Å². The highest BCUT2D eigenvalue weighted by molar-refractivity contribution is 5.84. The van der Waals surface area contributed by atoms with Gasteiger partial charge in [-0.3, -0.25) is 15.4 Å². The molecule has 7 heteroatoms. The Morgan fingerprint density at radius 3 is 2.20 bits per heavy atom. The fourth-order valence-corrected chi connectivity index (χ4v) is 2.79. The Bertz CT molecular complexity index is 973. The third-order valence-corrected chi connectivity index (χ3v) is 4.34. The van der Waals surface area contributed by atoms with Crippen LogP contribution in [-0.2, 0) is 11.2 Å². The summed E-state index contributed by atoms with van der Waals surface area (Å²) in [5, 5.41) is 13.4. The molecule has 154 valence electrons. The monoisotopic (exact) mass is 406 g/mol. The quantitative estimate of drug-likeness (QED) is 0.301. The number of nitro groups is 1. The third kappa shape index (κ3) is 6.07. The summed E-state index contributed by atoms with van der Waals surface area (Å²) in [6.07, 6.45) is -0.226. The average molecular weight is 406 g/mol. The van der Waals surface area contributed by atoms with Crippen molar-refractivity contribution in [2.45, 2.75) is 26.1 Å². The lowest BCUT2D eigenvalue weighted by molar-refractivity contribution is -0.384. The summed E-state index contributed by atoms with van der Waals surface area (Å²) in [7, 11) is 0. The van der Waals surface area contributed by atoms with Crippen LogP contribution in [0.15, 0.2) is 78.9 Å². The highest BCUT2D eigenvalue weighted by Gasteiger charge is 2.15. The Morgan fingerprint density at radius 1 is 0.967 bits per heavy atom. The van der Waals surface area contributed by atoms with Crippen LogP contribution in [0, 0.1) is 10.1 Å². The molecule has 0 aliphatic carbocycles. The number of nitro benzene ring substituents is 1. The highest BCUT2D eigenvalue weighted by Crippen LogP contribution is 2.20. The fourth-order valence-electron chi connectivity index (χ4n) is 2.79. The number of hydrogen-bond donors (Lipinski definition) is 1. The van der Waals surface area contributed by atoms with E-state index in [0.717, 1.165) is 12.0 Å². The number of amides is 1. The lowest BCUT2D eigenvalue weighted by atomic mass is 10.1. The number of carbonyl (C=O) groups is 1. The predicted molar refractivity (Wildman–Crippen MR) is 114 cm³/mol. The maximum absolute atomic E-state index is 12.2. The standard InChI is InChI=1S/C23H22N2O5/c1-2-22(29-21-14-12-20(13-15-21)25(27)28)30-23(26)24-19-10-8-18(9-11-19)16-17-6-4-3-5-7-17/h3-15,22H,2,16H2,1H3,(H,24,26)/t22-/m1/s1. The molecule has 7 nitrogen and oxygen atoms in total. The molecule has 0 unspecified atom stereocenters. The van der Waals surface area contributed by atoms with Gasteiger partial charge in [0.05, 0.1) is 4.92 Å². The second-order valence-electron chi connectivity index (χ2n) is 6.60. The molecule has 0 spiro atoms. The van der Waals surface area contributed by atoms with Gasteiger partial charge in [-0.2, -0.15) is 0 Å². The van der Waals surface area contributed by atoms with Crippen molar-refractivity contribution in [1.29, 1.82) is 0 Å². The van der Waals surface area contributed by atoms with Gasteiger partial charge in [-0.15, -0.1) is 0 Å². The first-order valence-corrected chi connectivity index (χ1v) is 9.55. The highest BCUT2D eigenvalue weighted by atomic mass is 16.7. The molecule has 0 saturated carbocycles. The van der Waals surface area contributed by atoms with Crippen molar-refractivity contribution in [3.05, 3.63) is 100 Å². The van der Waals surface area contributed by atoms with Gasteiger partial charge in [0.15, 0.2) is 0 Å². The van der Waals surface area contributed by atoms with E-state index >= 15 is 0 Å². The van der Waals surface area contributed by atoms with Crippen molar-refractivity contribution in [3.63, 3.8) is 0 Å². The molecule has 3 aromatic rings. The topological polar surface area (TPSA) is 90.7 Å². The van der Waals surface area contributed by atoms with Crippen LogP contribution in [0.4, 0.5) is 16.2 Å². The largest absolute Gasteiger partial charge is 0.455 e. The molecule has 0 heterocycles. The first-order valence-electron chi connectivity index (χ1n) is 9.55. The number of benzene rings is 3. The van der Waals surface area contributed by atoms with E-state index in [-0.39, 0.29) is 5.69 Å². The van der Waals surface area contributed by atoms with Crippen LogP contribution in [0.5, 0.6) is 5.75 Å². The first kappa shape index (κ1) is 20.9. The number of anilines is 1. The van der Waals surface area contributed by atoms with E-state index in [1.807, 2.05) is 49.4 Å². The van der Waals surface area contributed by atoms with E-state index in [9.17, 15) is 14.9 Å². The molecular weight excluding hydrogens is 384 g/mol. The van der Waals surface area contributed by atoms with E-state index in [1.54, 1.807) is 0 Å². The summed E-state index contributed by atoms with van der Waals surface area (Å²) in [6.45, 7) is 1.81. The van der Waals surface area contributed by atoms with Crippen molar-refractivity contribution < 1.29 is 19.2 Å². The number of hydrogen-bond acceptors (Lipinski definition) is 5. The van der Waals surface area contributed by atoms with Gasteiger partial charge in [0.2, 0.25) is 6.29 Å². The van der Waals surface area contributed by atoms with Crippen molar-refractivity contribution in [1.82, 2.24) is 0 Å². The molecule has 3 aromatic carbocycles. The van der Waals surface area contributed by atoms with E-state index < -0.39 is 17.3 Å². The molecule has 3 rings (SSSR count). The molecule has 0 bridgehead atoms. The second-order valence-corrected chi connectivity index (χ2v) is 6.60. The van der Waals surface area contributed by atoms with E-state index in [0.29, 0.717) is 17.9 Å². The Hall–Kier alpha value is -3.87. The van der Waals surface area contributed by atoms with E-state index in [1.165, 1.54) is 29.8 Å². The van der Waals surface area contributed by atoms with Crippen molar-refractivity contribution >= 4 is 17.5 Å². The predicted octanol–water partition coefficient (Wildman–Crippen LogP) is 5.55. The third-order valence-electron chi connectivity index (χ3n) is 4.34. The van der Waals surface area contributed by atoms with Crippen LogP contribution in [0.25, 0.3) is 0 Å². The molecule has 1 amide bonds. The van der Waals surface area contributed by atoms with E-state index in [2.05, 4.69) is 17.4 Å². The number of non-ortho nitro benzene ring substituents is 1. The van der Waals surface area contributed by atoms with Crippen LogP contribution >= 0.6 is 0 Å². The Kier molecular flexibility index (Phi) is 7.00. The van der Waals surface area contributed by atoms with Gasteiger partial charge in [-0.1, -0.05) is 49.4 Å². The van der Waals surface area contributed by atoms with Gasteiger partial charge in [0.1, 0.15) is 5.75 Å². The molecule has 1 N–H and O–H groups in total. The lowest BCUT2D eigenvalue weighted by Crippen LogP contribution is -2.26. The maximum Gasteiger partial charge on any atom is 0.414 e. The summed E-state index contributed by atoms with van der Waals surface area (Å²) >= 11 is 0. The molecular formula is C23H22N2O5. The molecule has 1 atom stereocenters. The van der Waals surface area contributed by atoms with Crippen LogP contribution in [0.1, 0.15) is 24.5 Å². The van der Waals surface area contributed by atoms with Gasteiger partial charge in [0.25, 0.3) is 5.69 Å². The number of carbonyl (C=O) groups excluding carboxylic acids is 1. The maximum atomic E-state index is 12.2. The Labute approximate surface area is 174 Å². The molecule has 0 saturated heterocycles. The lowest BCUT2D eigenvalue weighted by Gasteiger charge is -2.18. The Balaban J connectivity index is 1.52. The zero-order valence-corrected chi connectivity index (χ0v) is 16.5. The average Bonchev–Trinajstić information content (AvgIpc) is 2.75. The zero-order valence-electron chi connectivity index (χ0n) is 16.5. The molecule has 0 aliphatic rings. The van der Waals surface area contributed by atoms with Crippen LogP contribution < -0.4 is 10.1 Å². The van der Waals surface area contributed by atoms with Crippen molar-refractivity contribution in [2.24, 2.45) is 0 Å². The number of rotatable bonds is 8. The second kappa shape index (κ2) is 10.1.